The Morgan fingerprint density at radius 3 is 1.94 bits per heavy atom. The van der Waals surface area contributed by atoms with Crippen molar-refractivity contribution in [3.05, 3.63) is 35.9 Å². The zero-order valence-electron chi connectivity index (χ0n) is 19.4. The highest BCUT2D eigenvalue weighted by Gasteiger charge is 2.30. The van der Waals surface area contributed by atoms with Gasteiger partial charge in [0.05, 0.1) is 6.54 Å². The maximum Gasteiger partial charge on any atom is 0.243 e. The lowest BCUT2D eigenvalue weighted by Gasteiger charge is -2.24. The van der Waals surface area contributed by atoms with Crippen molar-refractivity contribution in [2.75, 3.05) is 6.54 Å². The van der Waals surface area contributed by atoms with Crippen LogP contribution in [0.5, 0.6) is 0 Å². The molecule has 4 atom stereocenters. The highest BCUT2D eigenvalue weighted by atomic mass is 16.2. The van der Waals surface area contributed by atoms with Crippen LogP contribution in [-0.4, -0.2) is 60.2 Å². The van der Waals surface area contributed by atoms with E-state index in [9.17, 15) is 24.0 Å². The van der Waals surface area contributed by atoms with Crippen molar-refractivity contribution < 1.29 is 24.0 Å². The first-order valence-corrected chi connectivity index (χ1v) is 11.1. The molecule has 1 aromatic rings. The van der Waals surface area contributed by atoms with E-state index < -0.39 is 53.7 Å². The fourth-order valence-corrected chi connectivity index (χ4v) is 3.38. The van der Waals surface area contributed by atoms with Gasteiger partial charge in [0.1, 0.15) is 24.2 Å². The third kappa shape index (κ3) is 8.21. The minimum Gasteiger partial charge on any atom is -0.345 e. The van der Waals surface area contributed by atoms with Crippen LogP contribution >= 0.6 is 0 Å². The summed E-state index contributed by atoms with van der Waals surface area (Å²) in [5.74, 6) is -2.63. The molecule has 0 radical (unpaired) electrons. The van der Waals surface area contributed by atoms with Crippen LogP contribution in [-0.2, 0) is 30.4 Å². The first-order chi connectivity index (χ1) is 15.6. The molecule has 0 saturated carbocycles. The van der Waals surface area contributed by atoms with Crippen LogP contribution in [0.25, 0.3) is 0 Å². The Balaban J connectivity index is 2.28. The Kier molecular flexibility index (Phi) is 9.38. The summed E-state index contributed by atoms with van der Waals surface area (Å²) in [6.07, 6.45) is 0.552. The Morgan fingerprint density at radius 1 is 0.758 bits per heavy atom. The lowest BCUT2D eigenvalue weighted by Crippen LogP contribution is -2.57. The van der Waals surface area contributed by atoms with E-state index in [1.165, 1.54) is 13.8 Å². The molecule has 0 aliphatic carbocycles. The van der Waals surface area contributed by atoms with Gasteiger partial charge in [0.25, 0.3) is 0 Å². The van der Waals surface area contributed by atoms with Gasteiger partial charge in [-0.2, -0.15) is 0 Å². The van der Waals surface area contributed by atoms with Crippen molar-refractivity contribution in [1.29, 1.82) is 0 Å². The lowest BCUT2D eigenvalue weighted by atomic mass is 10.0. The summed E-state index contributed by atoms with van der Waals surface area (Å²) >= 11 is 0. The Bertz CT molecular complexity index is 873. The minimum atomic E-state index is -0.958. The third-order valence-electron chi connectivity index (χ3n) is 5.20. The highest BCUT2D eigenvalue weighted by Crippen LogP contribution is 2.07. The first kappa shape index (κ1) is 25.8. The molecular weight excluding hydrogens is 426 g/mol. The van der Waals surface area contributed by atoms with Crippen molar-refractivity contribution in [3.63, 3.8) is 0 Å². The molecule has 0 spiro atoms. The average Bonchev–Trinajstić information content (AvgIpc) is 2.76. The van der Waals surface area contributed by atoms with Gasteiger partial charge in [-0.15, -0.1) is 0 Å². The number of benzene rings is 1. The topological polar surface area (TPSA) is 146 Å². The van der Waals surface area contributed by atoms with E-state index >= 15 is 0 Å². The molecule has 1 saturated heterocycles. The Labute approximate surface area is 193 Å². The van der Waals surface area contributed by atoms with E-state index in [1.807, 2.05) is 44.2 Å². The first-order valence-electron chi connectivity index (χ1n) is 11.1. The van der Waals surface area contributed by atoms with Crippen molar-refractivity contribution in [1.82, 2.24) is 26.6 Å². The van der Waals surface area contributed by atoms with E-state index in [1.54, 1.807) is 0 Å². The number of hydrogen-bond donors (Lipinski definition) is 5. The third-order valence-corrected chi connectivity index (χ3v) is 5.20. The van der Waals surface area contributed by atoms with Crippen molar-refractivity contribution in [2.24, 2.45) is 5.92 Å². The molecule has 1 fully saturated rings. The predicted molar refractivity (Wildman–Crippen MR) is 122 cm³/mol. The van der Waals surface area contributed by atoms with Gasteiger partial charge in [-0.1, -0.05) is 44.2 Å². The van der Waals surface area contributed by atoms with Crippen LogP contribution in [0.4, 0.5) is 0 Å². The van der Waals surface area contributed by atoms with E-state index in [0.29, 0.717) is 6.42 Å². The molecule has 1 aromatic carbocycles. The number of amides is 5. The molecule has 5 N–H and O–H groups in total. The van der Waals surface area contributed by atoms with Crippen molar-refractivity contribution >= 4 is 29.5 Å². The Morgan fingerprint density at radius 2 is 1.33 bits per heavy atom. The van der Waals surface area contributed by atoms with E-state index in [0.717, 1.165) is 5.56 Å². The van der Waals surface area contributed by atoms with E-state index in [4.69, 9.17) is 0 Å². The molecular formula is C23H33N5O5. The van der Waals surface area contributed by atoms with Gasteiger partial charge in [-0.25, -0.2) is 0 Å². The summed E-state index contributed by atoms with van der Waals surface area (Å²) in [5.41, 5.74) is 0.817. The van der Waals surface area contributed by atoms with Crippen LogP contribution in [0.3, 0.4) is 0 Å². The normalized spacial score (nSPS) is 25.7. The number of hydrogen-bond acceptors (Lipinski definition) is 5. The molecule has 10 nitrogen and oxygen atoms in total. The highest BCUT2D eigenvalue weighted by molar-refractivity contribution is 5.96. The maximum absolute atomic E-state index is 12.9. The largest absolute Gasteiger partial charge is 0.345 e. The second-order valence-corrected chi connectivity index (χ2v) is 8.68. The molecule has 5 amide bonds. The summed E-state index contributed by atoms with van der Waals surface area (Å²) in [4.78, 5) is 63.2. The fourth-order valence-electron chi connectivity index (χ4n) is 3.38. The smallest absolute Gasteiger partial charge is 0.243 e. The summed E-state index contributed by atoms with van der Waals surface area (Å²) in [5, 5.41) is 12.9. The molecule has 1 aliphatic rings. The number of rotatable bonds is 4. The minimum absolute atomic E-state index is 0.0919. The predicted octanol–water partition coefficient (Wildman–Crippen LogP) is -0.616. The van der Waals surface area contributed by atoms with Gasteiger partial charge in [0.15, 0.2) is 0 Å². The fraction of sp³-hybridized carbons (Fsp3) is 0.522. The second kappa shape index (κ2) is 12.0. The van der Waals surface area contributed by atoms with Crippen LogP contribution in [0.15, 0.2) is 30.3 Å². The Hall–Kier alpha value is -3.43. The van der Waals surface area contributed by atoms with Crippen LogP contribution < -0.4 is 26.6 Å². The summed E-state index contributed by atoms with van der Waals surface area (Å²) in [6, 6.07) is 5.42. The molecule has 1 aliphatic heterocycles. The molecule has 4 unspecified atom stereocenters. The molecule has 2 rings (SSSR count). The van der Waals surface area contributed by atoms with E-state index in [2.05, 4.69) is 26.6 Å². The van der Waals surface area contributed by atoms with Gasteiger partial charge in [0, 0.05) is 6.42 Å². The van der Waals surface area contributed by atoms with Crippen LogP contribution in [0.2, 0.25) is 0 Å². The zero-order valence-corrected chi connectivity index (χ0v) is 19.4. The quantitative estimate of drug-likeness (QED) is 0.408. The van der Waals surface area contributed by atoms with Gasteiger partial charge in [-0.05, 0) is 31.7 Å². The number of carbonyl (C=O) groups excluding carboxylic acids is 5. The van der Waals surface area contributed by atoms with Gasteiger partial charge < -0.3 is 26.6 Å². The van der Waals surface area contributed by atoms with Gasteiger partial charge in [-0.3, -0.25) is 24.0 Å². The molecule has 10 heteroatoms. The summed E-state index contributed by atoms with van der Waals surface area (Å²) in [6.45, 7) is 6.44. The molecule has 180 valence electrons. The van der Waals surface area contributed by atoms with Crippen LogP contribution in [0, 0.1) is 5.92 Å². The average molecular weight is 460 g/mol. The number of nitrogens with one attached hydrogen (secondary N) is 5. The lowest BCUT2D eigenvalue weighted by molar-refractivity contribution is -0.133. The maximum atomic E-state index is 12.9. The monoisotopic (exact) mass is 459 g/mol. The molecule has 0 aromatic heterocycles. The second-order valence-electron chi connectivity index (χ2n) is 8.68. The van der Waals surface area contributed by atoms with Gasteiger partial charge >= 0.3 is 0 Å². The molecule has 1 heterocycles. The zero-order chi connectivity index (χ0) is 24.5. The standard InChI is InChI=1S/C23H33N5O5/c1-13(2)10-17-22(32)25-14(3)20(30)24-12-19(29)27-18(11-16-8-6-5-7-9-16)23(33)26-15(4)21(31)28-17/h5-9,13-15,17-18H,10-12H2,1-4H3,(H,24,30)(H,25,32)(H,26,33)(H,27,29)(H,28,31). The van der Waals surface area contributed by atoms with Crippen LogP contribution in [0.1, 0.15) is 39.7 Å². The van der Waals surface area contributed by atoms with E-state index in [-0.39, 0.29) is 18.9 Å². The SMILES string of the molecule is CC(C)CC1NC(=O)C(C)NC(=O)C(Cc2ccccc2)NC(=O)CNC(=O)C(C)NC1=O. The van der Waals surface area contributed by atoms with Gasteiger partial charge in [0.2, 0.25) is 29.5 Å². The summed E-state index contributed by atoms with van der Waals surface area (Å²) < 4.78 is 0. The molecule has 33 heavy (non-hydrogen) atoms. The molecule has 0 bridgehead atoms. The number of carbonyl (C=O) groups is 5. The summed E-state index contributed by atoms with van der Waals surface area (Å²) in [7, 11) is 0. The van der Waals surface area contributed by atoms with Crippen molar-refractivity contribution in [3.8, 4) is 0 Å². The van der Waals surface area contributed by atoms with Crippen molar-refractivity contribution in [2.45, 2.75) is 64.7 Å².